The van der Waals surface area contributed by atoms with Gasteiger partial charge in [0, 0.05) is 29.4 Å². The third-order valence-electron chi connectivity index (χ3n) is 4.07. The summed E-state index contributed by atoms with van der Waals surface area (Å²) in [7, 11) is 0. The van der Waals surface area contributed by atoms with E-state index in [1.165, 1.54) is 15.3 Å². The summed E-state index contributed by atoms with van der Waals surface area (Å²) >= 11 is 3.74. The second-order valence-corrected chi connectivity index (χ2v) is 7.80. The highest BCUT2D eigenvalue weighted by atomic mass is 32.1. The summed E-state index contributed by atoms with van der Waals surface area (Å²) in [6.45, 7) is 3.44. The Kier molecular flexibility index (Phi) is 6.44. The quantitative estimate of drug-likeness (QED) is 0.521. The van der Waals surface area contributed by atoms with E-state index in [0.717, 1.165) is 38.9 Å². The Balaban J connectivity index is 1.53. The molecule has 1 nitrogen and oxygen atoms in total. The third-order valence-corrected chi connectivity index (χ3v) is 5.94. The molecule has 120 valence electrons. The van der Waals surface area contributed by atoms with Gasteiger partial charge in [-0.25, -0.2) is 0 Å². The fraction of sp³-hybridized carbons (Fsp3) is 0.300. The van der Waals surface area contributed by atoms with E-state index in [9.17, 15) is 0 Å². The fourth-order valence-corrected chi connectivity index (χ4v) is 4.11. The van der Waals surface area contributed by atoms with E-state index >= 15 is 0 Å². The standard InChI is InChI=1S/C20H23NS2/c1-2-6-18(7-3-1)10-13-21(14-11-19-8-4-16-22-19)15-12-20-9-5-17-23-20/h1-9,16-17H,10-15H2. The number of nitrogens with zero attached hydrogens (tertiary/aromatic N) is 1. The summed E-state index contributed by atoms with van der Waals surface area (Å²) in [5, 5.41) is 4.35. The Morgan fingerprint density at radius 2 is 1.17 bits per heavy atom. The Hall–Kier alpha value is -1.42. The molecule has 3 aromatic rings. The molecular weight excluding hydrogens is 318 g/mol. The number of hydrogen-bond acceptors (Lipinski definition) is 3. The van der Waals surface area contributed by atoms with Gasteiger partial charge in [0.2, 0.25) is 0 Å². The van der Waals surface area contributed by atoms with Gasteiger partial charge in [-0.1, -0.05) is 42.5 Å². The van der Waals surface area contributed by atoms with Crippen molar-refractivity contribution >= 4 is 22.7 Å². The molecule has 0 radical (unpaired) electrons. The lowest BCUT2D eigenvalue weighted by Crippen LogP contribution is -2.30. The predicted octanol–water partition coefficient (Wildman–Crippen LogP) is 5.14. The molecule has 2 aromatic heterocycles. The van der Waals surface area contributed by atoms with Crippen LogP contribution in [0, 0.1) is 0 Å². The SMILES string of the molecule is c1ccc(CCN(CCc2cccs2)CCc2cccs2)cc1. The predicted molar refractivity (Wildman–Crippen MR) is 103 cm³/mol. The topological polar surface area (TPSA) is 3.24 Å². The summed E-state index contributed by atoms with van der Waals surface area (Å²) in [6.07, 6.45) is 3.46. The first kappa shape index (κ1) is 16.4. The van der Waals surface area contributed by atoms with Gasteiger partial charge in [-0.2, -0.15) is 0 Å². The summed E-state index contributed by atoms with van der Waals surface area (Å²) < 4.78 is 0. The van der Waals surface area contributed by atoms with Crippen molar-refractivity contribution in [2.24, 2.45) is 0 Å². The van der Waals surface area contributed by atoms with Crippen molar-refractivity contribution in [2.45, 2.75) is 19.3 Å². The largest absolute Gasteiger partial charge is 0.302 e. The lowest BCUT2D eigenvalue weighted by molar-refractivity contribution is 0.285. The summed E-state index contributed by atoms with van der Waals surface area (Å²) in [5.74, 6) is 0. The monoisotopic (exact) mass is 341 g/mol. The molecule has 0 saturated heterocycles. The van der Waals surface area contributed by atoms with Crippen LogP contribution in [0.5, 0.6) is 0 Å². The molecule has 3 heteroatoms. The van der Waals surface area contributed by atoms with Crippen LogP contribution in [-0.4, -0.2) is 24.5 Å². The number of rotatable bonds is 9. The minimum atomic E-state index is 1.13. The van der Waals surface area contributed by atoms with Crippen LogP contribution in [0.4, 0.5) is 0 Å². The van der Waals surface area contributed by atoms with Crippen LogP contribution in [0.1, 0.15) is 15.3 Å². The Morgan fingerprint density at radius 1 is 0.609 bits per heavy atom. The van der Waals surface area contributed by atoms with Gasteiger partial charge >= 0.3 is 0 Å². The summed E-state index contributed by atoms with van der Waals surface area (Å²) in [6, 6.07) is 19.6. The Morgan fingerprint density at radius 3 is 1.70 bits per heavy atom. The third kappa shape index (κ3) is 5.61. The second-order valence-electron chi connectivity index (χ2n) is 5.74. The Bertz CT molecular complexity index is 606. The van der Waals surface area contributed by atoms with Gasteiger partial charge in [0.1, 0.15) is 0 Å². The minimum absolute atomic E-state index is 1.13. The first-order chi connectivity index (χ1) is 11.4. The minimum Gasteiger partial charge on any atom is -0.302 e. The van der Waals surface area contributed by atoms with Crippen LogP contribution in [0.3, 0.4) is 0 Å². The van der Waals surface area contributed by atoms with Crippen molar-refractivity contribution < 1.29 is 0 Å². The van der Waals surface area contributed by atoms with Crippen molar-refractivity contribution in [3.05, 3.63) is 80.7 Å². The molecule has 0 aliphatic carbocycles. The number of thiophene rings is 2. The van der Waals surface area contributed by atoms with Crippen molar-refractivity contribution in [2.75, 3.05) is 19.6 Å². The molecule has 0 atom stereocenters. The van der Waals surface area contributed by atoms with Crippen molar-refractivity contribution in [1.29, 1.82) is 0 Å². The van der Waals surface area contributed by atoms with Gasteiger partial charge < -0.3 is 4.90 Å². The van der Waals surface area contributed by atoms with E-state index < -0.39 is 0 Å². The van der Waals surface area contributed by atoms with E-state index in [0.29, 0.717) is 0 Å². The van der Waals surface area contributed by atoms with Gasteiger partial charge in [-0.15, -0.1) is 22.7 Å². The van der Waals surface area contributed by atoms with E-state index in [2.05, 4.69) is 70.3 Å². The van der Waals surface area contributed by atoms with E-state index in [-0.39, 0.29) is 0 Å². The van der Waals surface area contributed by atoms with Gasteiger partial charge in [0.05, 0.1) is 0 Å². The van der Waals surface area contributed by atoms with Crippen molar-refractivity contribution in [1.82, 2.24) is 4.90 Å². The zero-order chi connectivity index (χ0) is 15.7. The molecule has 2 heterocycles. The maximum Gasteiger partial charge on any atom is 0.00579 e. The fourth-order valence-electron chi connectivity index (χ4n) is 2.71. The summed E-state index contributed by atoms with van der Waals surface area (Å²) in [4.78, 5) is 5.60. The van der Waals surface area contributed by atoms with E-state index in [1.54, 1.807) is 0 Å². The number of benzene rings is 1. The first-order valence-electron chi connectivity index (χ1n) is 8.21. The highest BCUT2D eigenvalue weighted by Gasteiger charge is 2.07. The molecule has 1 aromatic carbocycles. The molecule has 0 aliphatic heterocycles. The number of hydrogen-bond donors (Lipinski definition) is 0. The molecule has 23 heavy (non-hydrogen) atoms. The highest BCUT2D eigenvalue weighted by molar-refractivity contribution is 7.10. The van der Waals surface area contributed by atoms with E-state index in [1.807, 2.05) is 22.7 Å². The molecule has 3 rings (SSSR count). The van der Waals surface area contributed by atoms with Crippen LogP contribution in [0.15, 0.2) is 65.4 Å². The lowest BCUT2D eigenvalue weighted by Gasteiger charge is -2.22. The molecule has 0 saturated carbocycles. The Labute approximate surface area is 147 Å². The van der Waals surface area contributed by atoms with Crippen molar-refractivity contribution in [3.8, 4) is 0 Å². The average Bonchev–Trinajstić information content (AvgIpc) is 3.29. The van der Waals surface area contributed by atoms with E-state index in [4.69, 9.17) is 0 Å². The maximum absolute atomic E-state index is 2.62. The van der Waals surface area contributed by atoms with Gasteiger partial charge in [0.25, 0.3) is 0 Å². The average molecular weight is 342 g/mol. The second kappa shape index (κ2) is 9.02. The van der Waals surface area contributed by atoms with Crippen LogP contribution in [0.25, 0.3) is 0 Å². The molecule has 0 unspecified atom stereocenters. The van der Waals surface area contributed by atoms with Crippen LogP contribution >= 0.6 is 22.7 Å². The maximum atomic E-state index is 2.62. The van der Waals surface area contributed by atoms with Gasteiger partial charge in [0.15, 0.2) is 0 Å². The lowest BCUT2D eigenvalue weighted by atomic mass is 10.1. The molecule has 0 bridgehead atoms. The molecule has 0 fully saturated rings. The van der Waals surface area contributed by atoms with Crippen molar-refractivity contribution in [3.63, 3.8) is 0 Å². The molecule has 0 amide bonds. The highest BCUT2D eigenvalue weighted by Crippen LogP contribution is 2.13. The molecule has 0 spiro atoms. The molecule has 0 aliphatic rings. The normalized spacial score (nSPS) is 11.2. The van der Waals surface area contributed by atoms with Crippen LogP contribution in [0.2, 0.25) is 0 Å². The molecular formula is C20H23NS2. The smallest absolute Gasteiger partial charge is 0.00579 e. The van der Waals surface area contributed by atoms with Crippen LogP contribution < -0.4 is 0 Å². The summed E-state index contributed by atoms with van der Waals surface area (Å²) in [5.41, 5.74) is 1.43. The van der Waals surface area contributed by atoms with Gasteiger partial charge in [-0.3, -0.25) is 0 Å². The molecule has 0 N–H and O–H groups in total. The van der Waals surface area contributed by atoms with Gasteiger partial charge in [-0.05, 0) is 47.7 Å². The first-order valence-corrected chi connectivity index (χ1v) is 9.97. The van der Waals surface area contributed by atoms with Crippen LogP contribution in [-0.2, 0) is 19.3 Å². The zero-order valence-corrected chi connectivity index (χ0v) is 15.0. The zero-order valence-electron chi connectivity index (χ0n) is 13.4.